The Kier molecular flexibility index (Phi) is 6.09. The van der Waals surface area contributed by atoms with E-state index in [1.807, 2.05) is 0 Å². The third kappa shape index (κ3) is 3.87. The van der Waals surface area contributed by atoms with E-state index in [0.29, 0.717) is 11.3 Å². The molecule has 0 spiro atoms. The first kappa shape index (κ1) is 22.6. The molecule has 3 aromatic rings. The summed E-state index contributed by atoms with van der Waals surface area (Å²) in [7, 11) is 2.85. The maximum atomic E-state index is 13.6. The molecular formula is C23H20N4O7. The molecule has 34 heavy (non-hydrogen) atoms. The first-order valence-electron chi connectivity index (χ1n) is 10.2. The molecule has 11 heteroatoms. The van der Waals surface area contributed by atoms with E-state index in [-0.39, 0.29) is 16.9 Å². The molecule has 0 aliphatic carbocycles. The van der Waals surface area contributed by atoms with Crippen molar-refractivity contribution >= 4 is 17.7 Å². The van der Waals surface area contributed by atoms with E-state index in [0.717, 1.165) is 9.58 Å². The van der Waals surface area contributed by atoms with Crippen molar-refractivity contribution in [2.75, 3.05) is 20.8 Å². The molecule has 4 rings (SSSR count). The number of ether oxygens (including phenoxy) is 2. The summed E-state index contributed by atoms with van der Waals surface area (Å²) in [6.45, 7) is -0.850. The van der Waals surface area contributed by atoms with Crippen molar-refractivity contribution in [2.45, 2.75) is 12.0 Å². The van der Waals surface area contributed by atoms with Crippen LogP contribution >= 0.6 is 0 Å². The lowest BCUT2D eigenvalue weighted by Crippen LogP contribution is -2.50. The molecule has 2 amide bonds. The minimum atomic E-state index is -1.43. The molecular weight excluding hydrogens is 444 g/mol. The Morgan fingerprint density at radius 2 is 1.68 bits per heavy atom. The molecule has 0 bridgehead atoms. The van der Waals surface area contributed by atoms with Crippen LogP contribution in [0.1, 0.15) is 37.0 Å². The van der Waals surface area contributed by atoms with Gasteiger partial charge in [0.2, 0.25) is 6.54 Å². The summed E-state index contributed by atoms with van der Waals surface area (Å²) >= 11 is 0. The number of benzene rings is 2. The van der Waals surface area contributed by atoms with Gasteiger partial charge in [0.15, 0.2) is 11.5 Å². The predicted molar refractivity (Wildman–Crippen MR) is 118 cm³/mol. The van der Waals surface area contributed by atoms with Gasteiger partial charge in [-0.25, -0.2) is 4.68 Å². The normalized spacial score (nSPS) is 14.5. The van der Waals surface area contributed by atoms with Crippen molar-refractivity contribution in [2.24, 2.45) is 0 Å². The Balaban J connectivity index is 1.88. The van der Waals surface area contributed by atoms with Crippen LogP contribution in [-0.4, -0.2) is 64.1 Å². The zero-order valence-corrected chi connectivity index (χ0v) is 18.3. The topological polar surface area (TPSA) is 134 Å². The number of aromatic nitrogens is 2. The maximum Gasteiger partial charge on any atom is 0.262 e. The van der Waals surface area contributed by atoms with E-state index in [9.17, 15) is 24.5 Å². The smallest absolute Gasteiger partial charge is 0.262 e. The predicted octanol–water partition coefficient (Wildman–Crippen LogP) is 2.27. The Morgan fingerprint density at radius 1 is 1.03 bits per heavy atom. The summed E-state index contributed by atoms with van der Waals surface area (Å²) in [5.41, 5.74) is 0.540. The number of hydrogen-bond donors (Lipinski definition) is 0. The molecule has 1 aromatic heterocycles. The molecule has 0 saturated carbocycles. The molecule has 0 unspecified atom stereocenters. The number of carbonyl (C=O) groups excluding carboxylic acids is 3. The fourth-order valence-corrected chi connectivity index (χ4v) is 4.12. The second-order valence-electron chi connectivity index (χ2n) is 7.49. The van der Waals surface area contributed by atoms with Crippen LogP contribution in [0, 0.1) is 10.1 Å². The van der Waals surface area contributed by atoms with E-state index >= 15 is 0 Å². The lowest BCUT2D eigenvalue weighted by Gasteiger charge is -2.30. The summed E-state index contributed by atoms with van der Waals surface area (Å²) in [5.74, 6) is -2.71. The highest BCUT2D eigenvalue weighted by molar-refractivity contribution is 6.21. The first-order chi connectivity index (χ1) is 16.4. The molecule has 2 atom stereocenters. The number of methoxy groups -OCH3 is 2. The third-order valence-electron chi connectivity index (χ3n) is 5.64. The van der Waals surface area contributed by atoms with Crippen LogP contribution in [-0.2, 0) is 0 Å². The highest BCUT2D eigenvalue weighted by Gasteiger charge is 2.48. The van der Waals surface area contributed by atoms with Crippen LogP contribution in [0.2, 0.25) is 0 Å². The minimum Gasteiger partial charge on any atom is -0.493 e. The van der Waals surface area contributed by atoms with Crippen LogP contribution in [0.15, 0.2) is 60.9 Å². The van der Waals surface area contributed by atoms with Gasteiger partial charge in [0.25, 0.3) is 17.7 Å². The summed E-state index contributed by atoms with van der Waals surface area (Å²) in [4.78, 5) is 51.8. The van der Waals surface area contributed by atoms with Crippen molar-refractivity contribution in [3.05, 3.63) is 87.7 Å². The summed E-state index contributed by atoms with van der Waals surface area (Å²) < 4.78 is 11.6. The molecule has 1 aliphatic heterocycles. The Morgan fingerprint density at radius 3 is 2.21 bits per heavy atom. The van der Waals surface area contributed by atoms with E-state index < -0.39 is 41.1 Å². The van der Waals surface area contributed by atoms with Gasteiger partial charge in [0, 0.05) is 17.3 Å². The van der Waals surface area contributed by atoms with E-state index in [1.54, 1.807) is 24.3 Å². The molecule has 0 saturated heterocycles. The average molecular weight is 464 g/mol. The first-order valence-corrected chi connectivity index (χ1v) is 10.2. The van der Waals surface area contributed by atoms with E-state index in [1.165, 1.54) is 50.9 Å². The number of fused-ring (bicyclic) bond motifs is 1. The molecule has 0 fully saturated rings. The van der Waals surface area contributed by atoms with Crippen LogP contribution in [0.3, 0.4) is 0 Å². The van der Waals surface area contributed by atoms with E-state index in [2.05, 4.69) is 5.10 Å². The summed E-state index contributed by atoms with van der Waals surface area (Å²) in [6, 6.07) is 10.8. The van der Waals surface area contributed by atoms with Crippen molar-refractivity contribution in [1.82, 2.24) is 14.7 Å². The van der Waals surface area contributed by atoms with Gasteiger partial charge in [0.05, 0.1) is 31.3 Å². The molecule has 2 aromatic carbocycles. The van der Waals surface area contributed by atoms with Gasteiger partial charge in [-0.15, -0.1) is 0 Å². The van der Waals surface area contributed by atoms with Crippen LogP contribution in [0.5, 0.6) is 11.5 Å². The number of imide groups is 1. The number of hydrogen-bond acceptors (Lipinski definition) is 8. The highest BCUT2D eigenvalue weighted by atomic mass is 16.6. The Bertz CT molecular complexity index is 1240. The fraction of sp³-hybridized carbons (Fsp3) is 0.217. The largest absolute Gasteiger partial charge is 0.493 e. The summed E-state index contributed by atoms with van der Waals surface area (Å²) in [5, 5.41) is 15.7. The standard InChI is InChI=1S/C23H20N4O7/c1-33-18-9-8-14(12-19(18)34-2)20(23(30)25-11-5-10-24-25)17(13-26(31)32)27-21(28)15-6-3-4-7-16(15)22(27)29/h3-12,17,20H,13H2,1-2H3/t17-,20-/m0/s1. The lowest BCUT2D eigenvalue weighted by atomic mass is 9.88. The second-order valence-corrected chi connectivity index (χ2v) is 7.49. The van der Waals surface area contributed by atoms with Crippen molar-refractivity contribution in [1.29, 1.82) is 0 Å². The van der Waals surface area contributed by atoms with E-state index in [4.69, 9.17) is 9.47 Å². The highest BCUT2D eigenvalue weighted by Crippen LogP contribution is 2.36. The van der Waals surface area contributed by atoms with Crippen molar-refractivity contribution < 1.29 is 28.8 Å². The monoisotopic (exact) mass is 464 g/mol. The zero-order chi connectivity index (χ0) is 24.4. The van der Waals surface area contributed by atoms with Crippen LogP contribution < -0.4 is 9.47 Å². The summed E-state index contributed by atoms with van der Waals surface area (Å²) in [6.07, 6.45) is 2.77. The third-order valence-corrected chi connectivity index (χ3v) is 5.64. The van der Waals surface area contributed by atoms with Crippen molar-refractivity contribution in [3.63, 3.8) is 0 Å². The van der Waals surface area contributed by atoms with Crippen molar-refractivity contribution in [3.8, 4) is 11.5 Å². The molecule has 0 radical (unpaired) electrons. The molecule has 2 heterocycles. The Hall–Kier alpha value is -4.54. The van der Waals surface area contributed by atoms with Crippen LogP contribution in [0.4, 0.5) is 0 Å². The zero-order valence-electron chi connectivity index (χ0n) is 18.3. The lowest BCUT2D eigenvalue weighted by molar-refractivity contribution is -0.485. The maximum absolute atomic E-state index is 13.6. The van der Waals surface area contributed by atoms with Gasteiger partial charge in [0.1, 0.15) is 6.04 Å². The number of rotatable bonds is 8. The number of nitrogens with zero attached hydrogens (tertiary/aromatic N) is 4. The number of nitro groups is 1. The molecule has 11 nitrogen and oxygen atoms in total. The SMILES string of the molecule is COc1ccc([C@H](C(=O)n2cccn2)[C@H](C[N+](=O)[O-])N2C(=O)c3ccccc3C2=O)cc1OC. The number of carbonyl (C=O) groups is 3. The molecule has 1 aliphatic rings. The van der Waals surface area contributed by atoms with Gasteiger partial charge < -0.3 is 9.47 Å². The van der Waals surface area contributed by atoms with Crippen LogP contribution in [0.25, 0.3) is 0 Å². The Labute approximate surface area is 193 Å². The van der Waals surface area contributed by atoms with Gasteiger partial charge in [-0.2, -0.15) is 5.10 Å². The number of amides is 2. The molecule has 0 N–H and O–H groups in total. The average Bonchev–Trinajstić information content (AvgIpc) is 3.46. The molecule has 174 valence electrons. The second kappa shape index (κ2) is 9.14. The van der Waals surface area contributed by atoms with Gasteiger partial charge in [-0.05, 0) is 35.9 Å². The fourth-order valence-electron chi connectivity index (χ4n) is 4.12. The van der Waals surface area contributed by atoms with Gasteiger partial charge in [-0.3, -0.25) is 29.4 Å². The quantitative estimate of drug-likeness (QED) is 0.282. The van der Waals surface area contributed by atoms with Gasteiger partial charge in [-0.1, -0.05) is 18.2 Å². The van der Waals surface area contributed by atoms with Gasteiger partial charge >= 0.3 is 0 Å². The minimum absolute atomic E-state index is 0.124.